The van der Waals surface area contributed by atoms with E-state index in [0.717, 1.165) is 82.0 Å². The topological polar surface area (TPSA) is 221 Å². The van der Waals surface area contributed by atoms with E-state index in [1.165, 1.54) is 17.0 Å². The van der Waals surface area contributed by atoms with Crippen molar-refractivity contribution in [3.63, 3.8) is 0 Å². The molecule has 6 fully saturated rings. The average molecular weight is 887 g/mol. The Kier molecular flexibility index (Phi) is 12.5. The number of piperidine rings is 2. The van der Waals surface area contributed by atoms with Crippen molar-refractivity contribution < 1.29 is 32.6 Å². The van der Waals surface area contributed by atoms with E-state index in [1.807, 2.05) is 18.2 Å². The molecule has 6 N–H and O–H groups in total. The van der Waals surface area contributed by atoms with Crippen molar-refractivity contribution in [2.24, 2.45) is 29.4 Å². The Morgan fingerprint density at radius 1 is 1.06 bits per heavy atom. The predicted molar refractivity (Wildman–Crippen MR) is 234 cm³/mol. The van der Waals surface area contributed by atoms with Crippen LogP contribution in [0.15, 0.2) is 57.8 Å². The number of imidazole rings is 1. The van der Waals surface area contributed by atoms with Crippen molar-refractivity contribution in [1.29, 1.82) is 0 Å². The zero-order valence-corrected chi connectivity index (χ0v) is 35.9. The first-order chi connectivity index (χ1) is 30.9. The van der Waals surface area contributed by atoms with Crippen molar-refractivity contribution in [3.8, 4) is 0 Å². The van der Waals surface area contributed by atoms with Gasteiger partial charge in [-0.05, 0) is 75.5 Å². The normalized spacial score (nSPS) is 26.6. The van der Waals surface area contributed by atoms with Gasteiger partial charge in [0.2, 0.25) is 11.8 Å². The molecule has 2 aromatic heterocycles. The highest BCUT2D eigenvalue weighted by Gasteiger charge is 2.40. The maximum atomic E-state index is 13.9. The van der Waals surface area contributed by atoms with Crippen LogP contribution in [0.3, 0.4) is 0 Å². The van der Waals surface area contributed by atoms with Gasteiger partial charge >= 0.3 is 5.69 Å². The highest BCUT2D eigenvalue weighted by molar-refractivity contribution is 6.19. The van der Waals surface area contributed by atoms with Crippen LogP contribution in [0.5, 0.6) is 0 Å². The van der Waals surface area contributed by atoms with E-state index >= 15 is 0 Å². The molecule has 342 valence electrons. The fourth-order valence-corrected chi connectivity index (χ4v) is 10.2. The van der Waals surface area contributed by atoms with Crippen LogP contribution in [0.4, 0.5) is 20.3 Å². The number of anilines is 2. The number of amides is 3. The number of halogens is 2. The van der Waals surface area contributed by atoms with Crippen LogP contribution in [0.1, 0.15) is 69.7 Å². The van der Waals surface area contributed by atoms with E-state index < -0.39 is 30.0 Å². The number of fused-ring (bicyclic) bond motifs is 3. The van der Waals surface area contributed by atoms with Crippen molar-refractivity contribution in [3.05, 3.63) is 64.4 Å². The highest BCUT2D eigenvalue weighted by Crippen LogP contribution is 2.35. The number of carbonyl (C=O) groups excluding carboxylic acids is 3. The molecule has 1 unspecified atom stereocenters. The van der Waals surface area contributed by atoms with Gasteiger partial charge in [0.1, 0.15) is 17.6 Å². The number of alkyl halides is 2. The van der Waals surface area contributed by atoms with Crippen LogP contribution in [0, 0.1) is 5.92 Å². The smallest absolute Gasteiger partial charge is 0.329 e. The third kappa shape index (κ3) is 8.86. The Morgan fingerprint density at radius 3 is 2.53 bits per heavy atom. The molecule has 3 atom stereocenters. The maximum absolute atomic E-state index is 13.9. The van der Waals surface area contributed by atoms with Gasteiger partial charge in [0.05, 0.1) is 65.0 Å². The minimum Gasteiger partial charge on any atom is -0.404 e. The molecular weight excluding hydrogens is 831 g/mol. The number of para-hydroxylation sites is 1. The Morgan fingerprint density at radius 2 is 1.84 bits per heavy atom. The summed E-state index contributed by atoms with van der Waals surface area (Å²) >= 11 is 0. The summed E-state index contributed by atoms with van der Waals surface area (Å²) in [5.41, 5.74) is 12.5. The van der Waals surface area contributed by atoms with E-state index in [1.54, 1.807) is 17.7 Å². The summed E-state index contributed by atoms with van der Waals surface area (Å²) < 4.78 is 43.1. The lowest BCUT2D eigenvalue weighted by molar-refractivity contribution is -0.135. The number of hydrogen-bond acceptors (Lipinski definition) is 14. The lowest BCUT2D eigenvalue weighted by atomic mass is 9.85. The Bertz CT molecular complexity index is 2410. The van der Waals surface area contributed by atoms with Crippen LogP contribution >= 0.6 is 0 Å². The number of aromatic nitrogens is 4. The van der Waals surface area contributed by atoms with Gasteiger partial charge in [-0.2, -0.15) is 0 Å². The molecule has 1 saturated carbocycles. The SMILES string of the molecule is Cn1c(=O)n(C2CCC(=O)NC2=O)c2cccc(N3CC(OC4CCN(CC5CCC(N=C/C(NC(=O)/C(=C/N)c6nccc(N7C[C@H]8C[C@@H]7CO8)n6)=C(\N)C(F)F)CC5)CC4)C3)c21. The summed E-state index contributed by atoms with van der Waals surface area (Å²) in [7, 11) is 1.72. The summed E-state index contributed by atoms with van der Waals surface area (Å²) in [6.45, 7) is 5.55. The zero-order chi connectivity index (χ0) is 44.6. The molecule has 20 heteroatoms. The largest absolute Gasteiger partial charge is 0.404 e. The number of allylic oxidation sites excluding steroid dienone is 2. The van der Waals surface area contributed by atoms with Crippen LogP contribution in [0.25, 0.3) is 16.6 Å². The van der Waals surface area contributed by atoms with Gasteiger partial charge in [-0.3, -0.25) is 33.8 Å². The predicted octanol–water partition coefficient (Wildman–Crippen LogP) is 1.94. The molecule has 0 spiro atoms. The van der Waals surface area contributed by atoms with E-state index in [-0.39, 0.29) is 71.9 Å². The van der Waals surface area contributed by atoms with Gasteiger partial charge in [0, 0.05) is 71.3 Å². The molecule has 9 rings (SSSR count). The van der Waals surface area contributed by atoms with E-state index in [0.29, 0.717) is 43.5 Å². The number of aliphatic imine (C=N–C) groups is 1. The van der Waals surface area contributed by atoms with Crippen LogP contribution in [-0.4, -0.2) is 131 Å². The molecule has 0 radical (unpaired) electrons. The van der Waals surface area contributed by atoms with Gasteiger partial charge < -0.3 is 41.0 Å². The molecular formula is C44H56F2N12O6. The molecule has 6 aliphatic rings. The number of carbonyl (C=O) groups is 3. The first-order valence-electron chi connectivity index (χ1n) is 22.4. The van der Waals surface area contributed by atoms with Crippen molar-refractivity contribution >= 4 is 52.0 Å². The minimum atomic E-state index is -3.01. The molecule has 64 heavy (non-hydrogen) atoms. The number of nitrogens with two attached hydrogens (primary N) is 2. The lowest BCUT2D eigenvalue weighted by Gasteiger charge is -2.44. The minimum absolute atomic E-state index is 0.0668. The number of morpholine rings is 1. The van der Waals surface area contributed by atoms with Gasteiger partial charge in [0.25, 0.3) is 12.3 Å². The van der Waals surface area contributed by atoms with E-state index in [2.05, 4.69) is 40.3 Å². The standard InChI is InChI=1S/C44H56F2N12O6/c1-54-39-33(3-2-4-34(39)58(44(54)62)35-9-10-37(59)53-43(35)61)56-21-30(22-56)64-28-12-15-55(16-13-28)20-25-5-7-26(8-6-25)50-19-32(38(48)40(45)46)51-42(60)31(18-47)41-49-14-11-36(52-41)57-23-29-17-27(57)24-63-29/h2-4,11,14,18-19,25-30,35,40H,5-10,12-13,15-17,20-24,47-48H2,1H3,(H,51,60)(H,53,59,61)/b31-18+,38-32+,50-19?/t25?,26?,27-,29-,35?/m1/s1. The van der Waals surface area contributed by atoms with Gasteiger partial charge in [-0.15, -0.1) is 0 Å². The number of likely N-dealkylation sites (tertiary alicyclic amines) is 1. The summed E-state index contributed by atoms with van der Waals surface area (Å²) in [6, 6.07) is 6.86. The van der Waals surface area contributed by atoms with Crippen LogP contribution in [0.2, 0.25) is 0 Å². The van der Waals surface area contributed by atoms with Crippen LogP contribution in [-0.2, 0) is 30.9 Å². The molecule has 7 heterocycles. The highest BCUT2D eigenvalue weighted by atomic mass is 19.3. The zero-order valence-electron chi connectivity index (χ0n) is 35.9. The summed E-state index contributed by atoms with van der Waals surface area (Å²) in [6.07, 6.45) is 7.93. The molecule has 3 aromatic rings. The van der Waals surface area contributed by atoms with Gasteiger partial charge in [0.15, 0.2) is 5.82 Å². The first-order valence-corrected chi connectivity index (χ1v) is 22.4. The lowest BCUT2D eigenvalue weighted by Crippen LogP contribution is -2.54. The summed E-state index contributed by atoms with van der Waals surface area (Å²) in [5, 5.41) is 4.86. The third-order valence-electron chi connectivity index (χ3n) is 13.7. The van der Waals surface area contributed by atoms with Crippen molar-refractivity contribution in [1.82, 2.24) is 34.6 Å². The molecule has 18 nitrogen and oxygen atoms in total. The number of benzene rings is 1. The number of nitrogens with zero attached hydrogens (tertiary/aromatic N) is 8. The second-order valence-corrected chi connectivity index (χ2v) is 17.9. The third-order valence-corrected chi connectivity index (χ3v) is 13.7. The molecule has 5 aliphatic heterocycles. The number of imide groups is 1. The van der Waals surface area contributed by atoms with Crippen molar-refractivity contribution in [2.75, 3.05) is 55.7 Å². The number of rotatable bonds is 13. The fraction of sp³-hybridized carbons (Fsp3) is 0.568. The number of aryl methyl sites for hydroxylation is 1. The first kappa shape index (κ1) is 43.5. The Balaban J connectivity index is 0.723. The quantitative estimate of drug-likeness (QED) is 0.110. The molecule has 5 saturated heterocycles. The van der Waals surface area contributed by atoms with Gasteiger partial charge in [-0.1, -0.05) is 6.07 Å². The maximum Gasteiger partial charge on any atom is 0.329 e. The number of nitrogens with one attached hydrogen (secondary N) is 2. The van der Waals surface area contributed by atoms with Crippen molar-refractivity contribution in [2.45, 2.75) is 101 Å². The monoisotopic (exact) mass is 886 g/mol. The molecule has 3 amide bonds. The summed E-state index contributed by atoms with van der Waals surface area (Å²) in [4.78, 5) is 71.5. The van der Waals surface area contributed by atoms with Crippen LogP contribution < -0.4 is 37.6 Å². The molecule has 1 aromatic carbocycles. The second kappa shape index (κ2) is 18.4. The fourth-order valence-electron chi connectivity index (χ4n) is 10.2. The average Bonchev–Trinajstić information content (AvgIpc) is 3.99. The molecule has 1 aliphatic carbocycles. The van der Waals surface area contributed by atoms with E-state index in [4.69, 9.17) is 20.9 Å². The Hall–Kier alpha value is -5.73. The number of hydrogen-bond donors (Lipinski definition) is 4. The Labute approximate surface area is 368 Å². The van der Waals surface area contributed by atoms with Gasteiger partial charge in [-0.25, -0.2) is 23.5 Å². The summed E-state index contributed by atoms with van der Waals surface area (Å²) in [5.74, 6) is -0.351. The molecule has 2 bridgehead atoms. The number of ether oxygens (including phenoxy) is 2. The van der Waals surface area contributed by atoms with E-state index in [9.17, 15) is 28.0 Å². The second-order valence-electron chi connectivity index (χ2n) is 17.9.